The number of rotatable bonds is 3. The summed E-state index contributed by atoms with van der Waals surface area (Å²) in [4.78, 5) is 10.3. The molecule has 0 saturated heterocycles. The van der Waals surface area contributed by atoms with E-state index in [0.717, 1.165) is 10.7 Å². The summed E-state index contributed by atoms with van der Waals surface area (Å²) in [5.41, 5.74) is -0.641. The molecule has 3 nitrogen and oxygen atoms in total. The molecule has 0 spiro atoms. The molecule has 0 amide bonds. The fourth-order valence-electron chi connectivity index (χ4n) is 1.10. The summed E-state index contributed by atoms with van der Waals surface area (Å²) >= 11 is 0. The van der Waals surface area contributed by atoms with Crippen molar-refractivity contribution in [1.82, 2.24) is 9.78 Å². The smallest absolute Gasteiger partial charge is 0.296 e. The van der Waals surface area contributed by atoms with Crippen LogP contribution in [0, 0.1) is 0 Å². The lowest BCUT2D eigenvalue weighted by Crippen LogP contribution is -2.15. The third kappa shape index (κ3) is 2.68. The minimum atomic E-state index is -4.51. The number of carbonyl (C=O) groups excluding carboxylic acids is 1. The molecule has 0 radical (unpaired) electrons. The van der Waals surface area contributed by atoms with Crippen molar-refractivity contribution in [2.24, 2.45) is 0 Å². The number of nitrogens with zero attached hydrogens (tertiary/aromatic N) is 2. The van der Waals surface area contributed by atoms with Crippen LogP contribution < -0.4 is 0 Å². The standard InChI is InChI=1S/C9H9F3N2O/c1-6(2)4-14-8(9(10,11)12)3-7(5-15)13-14/h3,5H,1,4H2,2H3. The van der Waals surface area contributed by atoms with E-state index in [2.05, 4.69) is 11.7 Å². The molecule has 0 aromatic carbocycles. The Kier molecular flexibility index (Phi) is 2.97. The SMILES string of the molecule is C=C(C)Cn1nc(C=O)cc1C(F)(F)F. The minimum Gasteiger partial charge on any atom is -0.296 e. The molecule has 1 aromatic heterocycles. The van der Waals surface area contributed by atoms with Crippen molar-refractivity contribution >= 4 is 6.29 Å². The van der Waals surface area contributed by atoms with Crippen molar-refractivity contribution < 1.29 is 18.0 Å². The molecule has 15 heavy (non-hydrogen) atoms. The van der Waals surface area contributed by atoms with Gasteiger partial charge in [-0.3, -0.25) is 9.48 Å². The van der Waals surface area contributed by atoms with Crippen LogP contribution in [0.5, 0.6) is 0 Å². The number of alkyl halides is 3. The number of allylic oxidation sites excluding steroid dienone is 1. The Morgan fingerprint density at radius 3 is 2.67 bits per heavy atom. The summed E-state index contributed by atoms with van der Waals surface area (Å²) in [7, 11) is 0. The van der Waals surface area contributed by atoms with E-state index in [0.29, 0.717) is 5.57 Å². The molecule has 0 fully saturated rings. The van der Waals surface area contributed by atoms with E-state index in [1.165, 1.54) is 0 Å². The van der Waals surface area contributed by atoms with Crippen LogP contribution >= 0.6 is 0 Å². The fraction of sp³-hybridized carbons (Fsp3) is 0.333. The first-order valence-electron chi connectivity index (χ1n) is 4.09. The first-order valence-corrected chi connectivity index (χ1v) is 4.09. The van der Waals surface area contributed by atoms with Crippen LogP contribution in [0.3, 0.4) is 0 Å². The quantitative estimate of drug-likeness (QED) is 0.576. The third-order valence-electron chi connectivity index (χ3n) is 1.63. The second-order valence-electron chi connectivity index (χ2n) is 3.18. The highest BCUT2D eigenvalue weighted by Gasteiger charge is 2.35. The molecule has 6 heteroatoms. The van der Waals surface area contributed by atoms with Gasteiger partial charge >= 0.3 is 6.18 Å². The first kappa shape index (κ1) is 11.5. The minimum absolute atomic E-state index is 0.0529. The van der Waals surface area contributed by atoms with E-state index in [-0.39, 0.29) is 18.5 Å². The van der Waals surface area contributed by atoms with Crippen molar-refractivity contribution in [1.29, 1.82) is 0 Å². The molecule has 1 aromatic rings. The first-order chi connectivity index (χ1) is 6.84. The molecule has 82 valence electrons. The van der Waals surface area contributed by atoms with Gasteiger partial charge in [-0.1, -0.05) is 12.2 Å². The largest absolute Gasteiger partial charge is 0.433 e. The van der Waals surface area contributed by atoms with E-state index < -0.39 is 11.9 Å². The zero-order valence-electron chi connectivity index (χ0n) is 8.01. The summed E-state index contributed by atoms with van der Waals surface area (Å²) in [5, 5.41) is 3.50. The van der Waals surface area contributed by atoms with E-state index in [4.69, 9.17) is 0 Å². The van der Waals surface area contributed by atoms with Gasteiger partial charge < -0.3 is 0 Å². The molecule has 1 rings (SSSR count). The second-order valence-corrected chi connectivity index (χ2v) is 3.18. The van der Waals surface area contributed by atoms with Crippen LogP contribution in [0.1, 0.15) is 23.1 Å². The summed E-state index contributed by atoms with van der Waals surface area (Å²) in [6, 6.07) is 0.718. The number of carbonyl (C=O) groups is 1. The van der Waals surface area contributed by atoms with Crippen LogP contribution in [0.4, 0.5) is 13.2 Å². The fourth-order valence-corrected chi connectivity index (χ4v) is 1.10. The van der Waals surface area contributed by atoms with Gasteiger partial charge in [-0.15, -0.1) is 0 Å². The number of aromatic nitrogens is 2. The monoisotopic (exact) mass is 218 g/mol. The number of hydrogen-bond acceptors (Lipinski definition) is 2. The summed E-state index contributed by atoms with van der Waals surface area (Å²) < 4.78 is 38.1. The van der Waals surface area contributed by atoms with Gasteiger partial charge in [-0.25, -0.2) is 0 Å². The van der Waals surface area contributed by atoms with Gasteiger partial charge in [0.05, 0.1) is 6.54 Å². The zero-order chi connectivity index (χ0) is 11.6. The van der Waals surface area contributed by atoms with Gasteiger partial charge in [0.25, 0.3) is 0 Å². The third-order valence-corrected chi connectivity index (χ3v) is 1.63. The highest BCUT2D eigenvalue weighted by atomic mass is 19.4. The molecule has 0 saturated carbocycles. The normalized spacial score (nSPS) is 11.5. The van der Waals surface area contributed by atoms with Gasteiger partial charge in [0.2, 0.25) is 0 Å². The number of halogens is 3. The molecule has 1 heterocycles. The zero-order valence-corrected chi connectivity index (χ0v) is 8.01. The molecule has 0 atom stereocenters. The van der Waals surface area contributed by atoms with Crippen molar-refractivity contribution in [3.05, 3.63) is 29.6 Å². The van der Waals surface area contributed by atoms with Gasteiger partial charge in [-0.2, -0.15) is 18.3 Å². The van der Waals surface area contributed by atoms with Gasteiger partial charge in [0, 0.05) is 0 Å². The van der Waals surface area contributed by atoms with Gasteiger partial charge in [0.1, 0.15) is 11.4 Å². The maximum absolute atomic E-state index is 12.4. The molecule has 0 aliphatic carbocycles. The average molecular weight is 218 g/mol. The Morgan fingerprint density at radius 1 is 1.67 bits per heavy atom. The summed E-state index contributed by atoms with van der Waals surface area (Å²) in [6.07, 6.45) is -4.23. The van der Waals surface area contributed by atoms with E-state index in [1.54, 1.807) is 6.92 Å². The average Bonchev–Trinajstić information content (AvgIpc) is 2.45. The summed E-state index contributed by atoms with van der Waals surface area (Å²) in [6.45, 7) is 5.02. The van der Waals surface area contributed by atoms with Crippen LogP contribution in [0.2, 0.25) is 0 Å². The Hall–Kier alpha value is -1.59. The van der Waals surface area contributed by atoms with Crippen molar-refractivity contribution in [3.63, 3.8) is 0 Å². The van der Waals surface area contributed by atoms with Gasteiger partial charge in [0.15, 0.2) is 6.29 Å². The second kappa shape index (κ2) is 3.88. The van der Waals surface area contributed by atoms with Crippen molar-refractivity contribution in [3.8, 4) is 0 Å². The Balaban J connectivity index is 3.17. The molecule has 0 aliphatic heterocycles. The number of hydrogen-bond donors (Lipinski definition) is 0. The van der Waals surface area contributed by atoms with Crippen LogP contribution in [-0.2, 0) is 12.7 Å². The summed E-state index contributed by atoms with van der Waals surface area (Å²) in [5.74, 6) is 0. The van der Waals surface area contributed by atoms with Crippen LogP contribution in [0.15, 0.2) is 18.2 Å². The molecule has 0 unspecified atom stereocenters. The predicted octanol–water partition coefficient (Wildman–Crippen LogP) is 2.29. The van der Waals surface area contributed by atoms with Gasteiger partial charge in [-0.05, 0) is 13.0 Å². The van der Waals surface area contributed by atoms with Crippen LogP contribution in [-0.4, -0.2) is 16.1 Å². The maximum Gasteiger partial charge on any atom is 0.433 e. The maximum atomic E-state index is 12.4. The topological polar surface area (TPSA) is 34.9 Å². The molecular formula is C9H9F3N2O. The lowest BCUT2D eigenvalue weighted by Gasteiger charge is -2.09. The Bertz CT molecular complexity index is 393. The van der Waals surface area contributed by atoms with Crippen LogP contribution in [0.25, 0.3) is 0 Å². The molecule has 0 aliphatic rings. The predicted molar refractivity (Wildman–Crippen MR) is 47.4 cm³/mol. The number of aldehydes is 1. The highest BCUT2D eigenvalue weighted by molar-refractivity contribution is 5.71. The molecular weight excluding hydrogens is 209 g/mol. The van der Waals surface area contributed by atoms with E-state index in [1.807, 2.05) is 0 Å². The van der Waals surface area contributed by atoms with Crippen molar-refractivity contribution in [2.45, 2.75) is 19.6 Å². The Labute approximate surface area is 84.2 Å². The highest BCUT2D eigenvalue weighted by Crippen LogP contribution is 2.29. The Morgan fingerprint density at radius 2 is 2.27 bits per heavy atom. The van der Waals surface area contributed by atoms with E-state index >= 15 is 0 Å². The van der Waals surface area contributed by atoms with Crippen molar-refractivity contribution in [2.75, 3.05) is 0 Å². The lowest BCUT2D eigenvalue weighted by atomic mass is 10.3. The lowest BCUT2D eigenvalue weighted by molar-refractivity contribution is -0.144. The molecule has 0 N–H and O–H groups in total. The molecule has 0 bridgehead atoms. The van der Waals surface area contributed by atoms with E-state index in [9.17, 15) is 18.0 Å².